The number of ether oxygens (including phenoxy) is 1. The van der Waals surface area contributed by atoms with Crippen molar-refractivity contribution in [3.05, 3.63) is 23.8 Å². The summed E-state index contributed by atoms with van der Waals surface area (Å²) in [5.74, 6) is -0.0813. The monoisotopic (exact) mass is 274 g/mol. The Labute approximate surface area is 104 Å². The number of fused-ring (bicyclic) bond motifs is 1. The highest BCUT2D eigenvalue weighted by Gasteiger charge is 2.35. The van der Waals surface area contributed by atoms with Crippen LogP contribution >= 0.6 is 10.7 Å². The molecule has 0 radical (unpaired) electrons. The van der Waals surface area contributed by atoms with Gasteiger partial charge in [-0.3, -0.25) is 4.79 Å². The molecular formula is C11H11ClO4S. The van der Waals surface area contributed by atoms with Gasteiger partial charge in [-0.05, 0) is 26.0 Å². The van der Waals surface area contributed by atoms with Crippen molar-refractivity contribution in [2.45, 2.75) is 30.8 Å². The summed E-state index contributed by atoms with van der Waals surface area (Å²) in [6.07, 6.45) is 0.214. The Morgan fingerprint density at radius 3 is 2.59 bits per heavy atom. The third kappa shape index (κ3) is 2.30. The van der Waals surface area contributed by atoms with Crippen molar-refractivity contribution in [3.8, 4) is 5.75 Å². The molecule has 0 fully saturated rings. The maximum Gasteiger partial charge on any atom is 0.265 e. The molecule has 0 aromatic heterocycles. The van der Waals surface area contributed by atoms with Crippen LogP contribution in [0.15, 0.2) is 23.1 Å². The molecular weight excluding hydrogens is 264 g/mol. The molecule has 0 saturated heterocycles. The molecule has 0 unspecified atom stereocenters. The summed E-state index contributed by atoms with van der Waals surface area (Å²) in [6.45, 7) is 3.46. The zero-order valence-corrected chi connectivity index (χ0v) is 10.9. The number of halogens is 1. The molecule has 0 bridgehead atoms. The number of rotatable bonds is 1. The average Bonchev–Trinajstić information content (AvgIpc) is 2.13. The predicted octanol–water partition coefficient (Wildman–Crippen LogP) is 2.36. The topological polar surface area (TPSA) is 60.4 Å². The van der Waals surface area contributed by atoms with Gasteiger partial charge in [-0.2, -0.15) is 0 Å². The molecule has 1 aromatic rings. The van der Waals surface area contributed by atoms with Crippen LogP contribution < -0.4 is 4.74 Å². The lowest BCUT2D eigenvalue weighted by atomic mass is 9.93. The van der Waals surface area contributed by atoms with E-state index < -0.39 is 14.7 Å². The van der Waals surface area contributed by atoms with Gasteiger partial charge in [0.05, 0.1) is 12.0 Å². The normalized spacial score (nSPS) is 18.4. The molecule has 0 spiro atoms. The Morgan fingerprint density at radius 1 is 1.35 bits per heavy atom. The molecule has 1 aliphatic heterocycles. The van der Waals surface area contributed by atoms with E-state index in [4.69, 9.17) is 15.4 Å². The number of Topliss-reactive ketones (excluding diaryl/α,β-unsaturated/α-hetero) is 1. The van der Waals surface area contributed by atoms with Crippen molar-refractivity contribution in [2.24, 2.45) is 0 Å². The highest BCUT2D eigenvalue weighted by Crippen LogP contribution is 2.38. The van der Waals surface area contributed by atoms with Crippen LogP contribution in [0.2, 0.25) is 0 Å². The van der Waals surface area contributed by atoms with Gasteiger partial charge in [-0.15, -0.1) is 0 Å². The number of para-hydroxylation sites is 1. The van der Waals surface area contributed by atoms with Gasteiger partial charge in [-0.25, -0.2) is 8.42 Å². The molecule has 92 valence electrons. The number of ketones is 1. The molecule has 0 saturated carbocycles. The fourth-order valence-corrected chi connectivity index (χ4v) is 2.81. The second-order valence-corrected chi connectivity index (χ2v) is 7.07. The highest BCUT2D eigenvalue weighted by molar-refractivity contribution is 8.13. The first-order valence-electron chi connectivity index (χ1n) is 5.01. The van der Waals surface area contributed by atoms with Gasteiger partial charge in [0.2, 0.25) is 0 Å². The maximum absolute atomic E-state index is 11.9. The SMILES string of the molecule is CC1(C)CC(=O)c2cccc(S(=O)(=O)Cl)c2O1. The van der Waals surface area contributed by atoms with Gasteiger partial charge in [0.15, 0.2) is 11.5 Å². The lowest BCUT2D eigenvalue weighted by Crippen LogP contribution is -2.36. The number of carbonyl (C=O) groups excluding carboxylic acids is 1. The summed E-state index contributed by atoms with van der Waals surface area (Å²) in [4.78, 5) is 11.7. The molecule has 1 aromatic carbocycles. The molecule has 0 aliphatic carbocycles. The summed E-state index contributed by atoms with van der Waals surface area (Å²) >= 11 is 0. The van der Waals surface area contributed by atoms with Crippen LogP contribution in [-0.4, -0.2) is 19.8 Å². The third-order valence-corrected chi connectivity index (χ3v) is 3.85. The lowest BCUT2D eigenvalue weighted by molar-refractivity contribution is 0.0602. The zero-order valence-electron chi connectivity index (χ0n) is 9.36. The van der Waals surface area contributed by atoms with E-state index in [0.29, 0.717) is 0 Å². The number of benzene rings is 1. The number of hydrogen-bond acceptors (Lipinski definition) is 4. The van der Waals surface area contributed by atoms with E-state index in [-0.39, 0.29) is 28.4 Å². The van der Waals surface area contributed by atoms with E-state index in [9.17, 15) is 13.2 Å². The van der Waals surface area contributed by atoms with E-state index in [0.717, 1.165) is 0 Å². The van der Waals surface area contributed by atoms with E-state index in [1.807, 2.05) is 0 Å². The molecule has 2 rings (SSSR count). The molecule has 6 heteroatoms. The number of hydrogen-bond donors (Lipinski definition) is 0. The average molecular weight is 275 g/mol. The van der Waals surface area contributed by atoms with Gasteiger partial charge in [-0.1, -0.05) is 6.07 Å². The van der Waals surface area contributed by atoms with Gasteiger partial charge in [0.1, 0.15) is 10.5 Å². The zero-order chi connectivity index (χ0) is 12.8. The summed E-state index contributed by atoms with van der Waals surface area (Å²) in [5.41, 5.74) is -0.451. The summed E-state index contributed by atoms with van der Waals surface area (Å²) in [7, 11) is 1.39. The quantitative estimate of drug-likeness (QED) is 0.738. The summed E-state index contributed by atoms with van der Waals surface area (Å²) in [6, 6.07) is 4.35. The number of carbonyl (C=O) groups is 1. The molecule has 17 heavy (non-hydrogen) atoms. The maximum atomic E-state index is 11.9. The van der Waals surface area contributed by atoms with Gasteiger partial charge < -0.3 is 4.74 Å². The predicted molar refractivity (Wildman–Crippen MR) is 63.1 cm³/mol. The van der Waals surface area contributed by atoms with Gasteiger partial charge >= 0.3 is 0 Å². The standard InChI is InChI=1S/C11H11ClO4S/c1-11(2)6-8(13)7-4-3-5-9(10(7)16-11)17(12,14)15/h3-5H,6H2,1-2H3. The van der Waals surface area contributed by atoms with Crippen molar-refractivity contribution in [3.63, 3.8) is 0 Å². The Bertz CT molecular complexity index is 589. The first-order valence-corrected chi connectivity index (χ1v) is 7.31. The fraction of sp³-hybridized carbons (Fsp3) is 0.364. The van der Waals surface area contributed by atoms with Crippen molar-refractivity contribution in [2.75, 3.05) is 0 Å². The Morgan fingerprint density at radius 2 is 2.00 bits per heavy atom. The van der Waals surface area contributed by atoms with Crippen LogP contribution in [0.3, 0.4) is 0 Å². The Hall–Kier alpha value is -1.07. The lowest BCUT2D eigenvalue weighted by Gasteiger charge is -2.32. The largest absolute Gasteiger partial charge is 0.485 e. The fourth-order valence-electron chi connectivity index (χ4n) is 1.83. The van der Waals surface area contributed by atoms with Crippen molar-refractivity contribution in [1.29, 1.82) is 0 Å². The van der Waals surface area contributed by atoms with E-state index in [2.05, 4.69) is 0 Å². The van der Waals surface area contributed by atoms with Gasteiger partial charge in [0, 0.05) is 10.7 Å². The van der Waals surface area contributed by atoms with Gasteiger partial charge in [0.25, 0.3) is 9.05 Å². The van der Waals surface area contributed by atoms with Crippen LogP contribution in [0, 0.1) is 0 Å². The van der Waals surface area contributed by atoms with Crippen LogP contribution in [0.5, 0.6) is 5.75 Å². The minimum Gasteiger partial charge on any atom is -0.485 e. The second-order valence-electron chi connectivity index (χ2n) is 4.53. The van der Waals surface area contributed by atoms with Crippen LogP contribution in [0.25, 0.3) is 0 Å². The highest BCUT2D eigenvalue weighted by atomic mass is 35.7. The van der Waals surface area contributed by atoms with Crippen molar-refractivity contribution < 1.29 is 17.9 Å². The molecule has 0 atom stereocenters. The summed E-state index contributed by atoms with van der Waals surface area (Å²) < 4.78 is 28.4. The van der Waals surface area contributed by atoms with Crippen LogP contribution in [0.4, 0.5) is 0 Å². The van der Waals surface area contributed by atoms with E-state index in [1.165, 1.54) is 12.1 Å². The minimum absolute atomic E-state index is 0.0590. The first-order chi connectivity index (χ1) is 7.71. The Kier molecular flexibility index (Phi) is 2.71. The van der Waals surface area contributed by atoms with E-state index >= 15 is 0 Å². The molecule has 1 aliphatic rings. The molecule has 0 amide bonds. The molecule has 1 heterocycles. The Balaban J connectivity index is 2.70. The first kappa shape index (κ1) is 12.4. The van der Waals surface area contributed by atoms with Crippen LogP contribution in [0.1, 0.15) is 30.6 Å². The molecule has 4 nitrogen and oxygen atoms in total. The minimum atomic E-state index is -3.92. The van der Waals surface area contributed by atoms with Crippen LogP contribution in [-0.2, 0) is 9.05 Å². The van der Waals surface area contributed by atoms with E-state index in [1.54, 1.807) is 19.9 Å². The molecule has 0 N–H and O–H groups in total. The smallest absolute Gasteiger partial charge is 0.265 e. The van der Waals surface area contributed by atoms with Crippen molar-refractivity contribution in [1.82, 2.24) is 0 Å². The summed E-state index contributed by atoms with van der Waals surface area (Å²) in [5, 5.41) is 0. The second kappa shape index (κ2) is 3.71. The van der Waals surface area contributed by atoms with Crippen molar-refractivity contribution >= 4 is 25.5 Å². The third-order valence-electron chi connectivity index (χ3n) is 2.51.